The number of aromatic nitrogens is 1. The number of carbonyl (C=O) groups excluding carboxylic acids is 1. The van der Waals surface area contributed by atoms with Crippen LogP contribution in [0, 0.1) is 6.92 Å². The van der Waals surface area contributed by atoms with Crippen molar-refractivity contribution in [2.75, 3.05) is 16.1 Å². The van der Waals surface area contributed by atoms with Gasteiger partial charge in [-0.25, -0.2) is 16.8 Å². The van der Waals surface area contributed by atoms with Crippen LogP contribution >= 0.6 is 11.6 Å². The van der Waals surface area contributed by atoms with Crippen molar-refractivity contribution in [1.29, 1.82) is 0 Å². The average molecular weight is 495 g/mol. The molecule has 0 amide bonds. The predicted octanol–water partition coefficient (Wildman–Crippen LogP) is 3.55. The van der Waals surface area contributed by atoms with Gasteiger partial charge in [-0.3, -0.25) is 9.52 Å². The fourth-order valence-corrected chi connectivity index (χ4v) is 6.56. The Morgan fingerprint density at radius 2 is 1.59 bits per heavy atom. The number of ketones is 1. The summed E-state index contributed by atoms with van der Waals surface area (Å²) in [6.07, 6.45) is 1.39. The number of aryl methyl sites for hydroxylation is 1. The Bertz CT molecular complexity index is 1360. The molecule has 1 heterocycles. The summed E-state index contributed by atoms with van der Waals surface area (Å²) in [5.74, 6) is -0.0939. The normalized spacial score (nSPS) is 12.0. The Labute approximate surface area is 193 Å². The maximum Gasteiger partial charge on any atom is 0.247 e. The maximum absolute atomic E-state index is 13.0. The van der Waals surface area contributed by atoms with Gasteiger partial charge in [0.1, 0.15) is 0 Å². The molecule has 10 heteroatoms. The molecule has 3 aromatic rings. The van der Waals surface area contributed by atoms with Gasteiger partial charge < -0.3 is 4.57 Å². The van der Waals surface area contributed by atoms with E-state index < -0.39 is 24.9 Å². The van der Waals surface area contributed by atoms with Crippen molar-refractivity contribution in [3.63, 3.8) is 0 Å². The summed E-state index contributed by atoms with van der Waals surface area (Å²) in [6.45, 7) is 1.88. The van der Waals surface area contributed by atoms with Gasteiger partial charge >= 0.3 is 0 Å². The number of carbonyl (C=O) groups is 1. The van der Waals surface area contributed by atoms with Crippen LogP contribution < -0.4 is 4.72 Å². The molecule has 7 nitrogen and oxygen atoms in total. The quantitative estimate of drug-likeness (QED) is 0.482. The van der Waals surface area contributed by atoms with Crippen molar-refractivity contribution >= 4 is 42.9 Å². The van der Waals surface area contributed by atoms with E-state index in [9.17, 15) is 21.6 Å². The van der Waals surface area contributed by atoms with Crippen molar-refractivity contribution in [2.45, 2.75) is 13.3 Å². The Hall–Kier alpha value is -2.62. The number of halogens is 1. The molecule has 0 fully saturated rings. The van der Waals surface area contributed by atoms with Gasteiger partial charge in [-0.2, -0.15) is 0 Å². The minimum atomic E-state index is -4.00. The topological polar surface area (TPSA) is 102 Å². The molecule has 0 saturated heterocycles. The van der Waals surface area contributed by atoms with Crippen molar-refractivity contribution in [3.05, 3.63) is 87.7 Å². The lowest BCUT2D eigenvalue weighted by molar-refractivity contribution is 0.103. The number of nitrogens with one attached hydrogen (secondary N) is 1. The molecule has 0 saturated carbocycles. The largest absolute Gasteiger partial charge is 0.344 e. The first-order valence-corrected chi connectivity index (χ1v) is 13.7. The average Bonchev–Trinajstić information content (AvgIpc) is 2.94. The summed E-state index contributed by atoms with van der Waals surface area (Å²) in [6, 6.07) is 15.4. The van der Waals surface area contributed by atoms with Crippen molar-refractivity contribution in [3.8, 4) is 0 Å². The zero-order valence-electron chi connectivity index (χ0n) is 17.8. The number of sulfone groups is 1. The molecule has 0 atom stereocenters. The van der Waals surface area contributed by atoms with Gasteiger partial charge in [-0.05, 0) is 60.5 Å². The molecule has 0 unspecified atom stereocenters. The number of hydrogen-bond acceptors (Lipinski definition) is 5. The van der Waals surface area contributed by atoms with E-state index in [0.717, 1.165) is 23.1 Å². The standard InChI is InChI=1S/C22H23ClN2O5S2/c1-15-12-20(25(2)21(15)22(26)17-6-8-18(23)9-7-17)13-16-4-10-19(11-5-16)24-32(29,30)14-31(3,27)28/h4-12,24H,13-14H2,1-3H3. The van der Waals surface area contributed by atoms with Gasteiger partial charge in [0, 0.05) is 41.7 Å². The molecule has 2 aromatic carbocycles. The lowest BCUT2D eigenvalue weighted by Crippen LogP contribution is -2.22. The fourth-order valence-electron chi connectivity index (χ4n) is 3.45. The number of nitrogens with zero attached hydrogens (tertiary/aromatic N) is 1. The molecule has 170 valence electrons. The van der Waals surface area contributed by atoms with E-state index in [1.807, 2.05) is 24.6 Å². The molecule has 1 N–H and O–H groups in total. The Morgan fingerprint density at radius 3 is 2.16 bits per heavy atom. The fraction of sp³-hybridized carbons (Fsp3) is 0.227. The second-order valence-electron chi connectivity index (χ2n) is 7.70. The van der Waals surface area contributed by atoms with Crippen LogP contribution in [0.4, 0.5) is 5.69 Å². The second-order valence-corrected chi connectivity index (χ2v) is 12.4. The third-order valence-electron chi connectivity index (χ3n) is 4.83. The summed E-state index contributed by atoms with van der Waals surface area (Å²) in [7, 11) is -5.84. The van der Waals surface area contributed by atoms with Gasteiger partial charge in [0.25, 0.3) is 0 Å². The number of hydrogen-bond donors (Lipinski definition) is 1. The first-order chi connectivity index (χ1) is 14.8. The first-order valence-electron chi connectivity index (χ1n) is 9.57. The number of rotatable bonds is 8. The number of sulfonamides is 1. The minimum Gasteiger partial charge on any atom is -0.344 e. The van der Waals surface area contributed by atoms with Gasteiger partial charge in [0.15, 0.2) is 14.9 Å². The summed E-state index contributed by atoms with van der Waals surface area (Å²) in [4.78, 5) is 13.0. The smallest absolute Gasteiger partial charge is 0.247 e. The first kappa shape index (κ1) is 24.0. The molecule has 0 bridgehead atoms. The van der Waals surface area contributed by atoms with Gasteiger partial charge in [-0.1, -0.05) is 23.7 Å². The van der Waals surface area contributed by atoms with Crippen LogP contribution in [-0.4, -0.2) is 38.5 Å². The van der Waals surface area contributed by atoms with Crippen molar-refractivity contribution in [1.82, 2.24) is 4.57 Å². The van der Waals surface area contributed by atoms with Gasteiger partial charge in [0.05, 0.1) is 5.69 Å². The molecular formula is C22H23ClN2O5S2. The van der Waals surface area contributed by atoms with Gasteiger partial charge in [-0.15, -0.1) is 0 Å². The zero-order chi connectivity index (χ0) is 23.7. The summed E-state index contributed by atoms with van der Waals surface area (Å²) in [5.41, 5.74) is 4.10. The summed E-state index contributed by atoms with van der Waals surface area (Å²) in [5, 5.41) is -0.415. The highest BCUT2D eigenvalue weighted by molar-refractivity contribution is 8.08. The van der Waals surface area contributed by atoms with Crippen LogP contribution in [0.25, 0.3) is 0 Å². The van der Waals surface area contributed by atoms with Crippen LogP contribution in [0.1, 0.15) is 32.9 Å². The van der Waals surface area contributed by atoms with E-state index >= 15 is 0 Å². The van der Waals surface area contributed by atoms with E-state index in [-0.39, 0.29) is 11.5 Å². The van der Waals surface area contributed by atoms with E-state index in [0.29, 0.717) is 22.7 Å². The van der Waals surface area contributed by atoms with Crippen LogP contribution in [0.15, 0.2) is 54.6 Å². The highest BCUT2D eigenvalue weighted by atomic mass is 35.5. The second kappa shape index (κ2) is 9.09. The lowest BCUT2D eigenvalue weighted by atomic mass is 10.1. The number of benzene rings is 2. The Kier molecular flexibility index (Phi) is 6.83. The van der Waals surface area contributed by atoms with Crippen molar-refractivity contribution in [2.24, 2.45) is 7.05 Å². The van der Waals surface area contributed by atoms with E-state index in [1.54, 1.807) is 48.5 Å². The minimum absolute atomic E-state index is 0.0939. The molecule has 0 aliphatic rings. The highest BCUT2D eigenvalue weighted by Gasteiger charge is 2.20. The predicted molar refractivity (Wildman–Crippen MR) is 127 cm³/mol. The Balaban J connectivity index is 1.78. The Morgan fingerprint density at radius 1 is 1.00 bits per heavy atom. The van der Waals surface area contributed by atoms with Crippen LogP contribution in [0.3, 0.4) is 0 Å². The summed E-state index contributed by atoms with van der Waals surface area (Å²) < 4.78 is 50.5. The maximum atomic E-state index is 13.0. The van der Waals surface area contributed by atoms with E-state index in [2.05, 4.69) is 4.72 Å². The van der Waals surface area contributed by atoms with Crippen molar-refractivity contribution < 1.29 is 21.6 Å². The van der Waals surface area contributed by atoms with E-state index in [4.69, 9.17) is 11.6 Å². The molecule has 0 radical (unpaired) electrons. The molecule has 0 aliphatic heterocycles. The SMILES string of the molecule is Cc1cc(Cc2ccc(NS(=O)(=O)CS(C)(=O)=O)cc2)n(C)c1C(=O)c1ccc(Cl)cc1. The monoisotopic (exact) mass is 494 g/mol. The third kappa shape index (κ3) is 5.99. The molecule has 0 spiro atoms. The molecule has 3 rings (SSSR count). The lowest BCUT2D eigenvalue weighted by Gasteiger charge is -2.10. The van der Waals surface area contributed by atoms with Crippen LogP contribution in [-0.2, 0) is 33.3 Å². The van der Waals surface area contributed by atoms with Gasteiger partial charge in [0.2, 0.25) is 15.8 Å². The number of anilines is 1. The molecule has 0 aliphatic carbocycles. The van der Waals surface area contributed by atoms with Crippen LogP contribution in [0.5, 0.6) is 0 Å². The molecule has 1 aromatic heterocycles. The molecule has 32 heavy (non-hydrogen) atoms. The summed E-state index contributed by atoms with van der Waals surface area (Å²) >= 11 is 5.91. The third-order valence-corrected chi connectivity index (χ3v) is 8.58. The highest BCUT2D eigenvalue weighted by Crippen LogP contribution is 2.22. The molecular weight excluding hydrogens is 472 g/mol. The zero-order valence-corrected chi connectivity index (χ0v) is 20.2. The van der Waals surface area contributed by atoms with E-state index in [1.165, 1.54) is 0 Å². The van der Waals surface area contributed by atoms with Crippen LogP contribution in [0.2, 0.25) is 5.02 Å².